The Morgan fingerprint density at radius 3 is 2.55 bits per heavy atom. The molecule has 0 bridgehead atoms. The maximum absolute atomic E-state index is 12.8. The van der Waals surface area contributed by atoms with Gasteiger partial charge in [-0.25, -0.2) is 4.98 Å². The highest BCUT2D eigenvalue weighted by molar-refractivity contribution is 6.30. The van der Waals surface area contributed by atoms with Crippen LogP contribution in [0.15, 0.2) is 35.3 Å². The monoisotopic (exact) mass is 457 g/mol. The molecule has 3 aromatic heterocycles. The average molecular weight is 458 g/mol. The van der Waals surface area contributed by atoms with Crippen molar-refractivity contribution in [3.63, 3.8) is 0 Å². The standard InChI is InChI=1S/C22H21Cl2N5O2/c1-13(16-4-3-14(23)12-26-16)22(31)7-9-29(10-8-22)20-15(11-25)21(30)28(2)17-5-6-18(24)27-19(17)20/h3-6,12-13,31H,7-10H2,1-2H3/t13-/m0/s1. The molecule has 9 heteroatoms. The first kappa shape index (κ1) is 21.6. The summed E-state index contributed by atoms with van der Waals surface area (Å²) in [5.74, 6) is -0.199. The summed E-state index contributed by atoms with van der Waals surface area (Å²) in [6, 6.07) is 8.98. The lowest BCUT2D eigenvalue weighted by Gasteiger charge is -2.42. The van der Waals surface area contributed by atoms with Crippen molar-refractivity contribution in [3.8, 4) is 6.07 Å². The number of aliphatic hydroxyl groups is 1. The molecule has 0 spiro atoms. The van der Waals surface area contributed by atoms with Crippen LogP contribution in [0.25, 0.3) is 11.0 Å². The zero-order valence-electron chi connectivity index (χ0n) is 17.1. The number of anilines is 1. The molecule has 4 rings (SSSR count). The molecule has 0 aliphatic carbocycles. The van der Waals surface area contributed by atoms with Crippen LogP contribution in [0.1, 0.15) is 36.9 Å². The lowest BCUT2D eigenvalue weighted by molar-refractivity contribution is -0.00663. The van der Waals surface area contributed by atoms with Crippen LogP contribution in [0.2, 0.25) is 10.2 Å². The highest BCUT2D eigenvalue weighted by atomic mass is 35.5. The molecule has 4 heterocycles. The van der Waals surface area contributed by atoms with Gasteiger partial charge in [0.05, 0.1) is 21.8 Å². The Morgan fingerprint density at radius 2 is 1.94 bits per heavy atom. The van der Waals surface area contributed by atoms with Crippen LogP contribution in [0, 0.1) is 11.3 Å². The van der Waals surface area contributed by atoms with Gasteiger partial charge in [0, 0.05) is 37.9 Å². The Bertz CT molecular complexity index is 1240. The number of piperidine rings is 1. The van der Waals surface area contributed by atoms with E-state index in [1.807, 2.05) is 24.0 Å². The van der Waals surface area contributed by atoms with Crippen molar-refractivity contribution in [1.82, 2.24) is 14.5 Å². The first-order chi connectivity index (χ1) is 14.7. The van der Waals surface area contributed by atoms with E-state index in [1.165, 1.54) is 4.57 Å². The fraction of sp³-hybridized carbons (Fsp3) is 0.364. The number of nitrogens with zero attached hydrogens (tertiary/aromatic N) is 5. The van der Waals surface area contributed by atoms with Crippen molar-refractivity contribution in [3.05, 3.63) is 62.2 Å². The molecule has 1 atom stereocenters. The van der Waals surface area contributed by atoms with Gasteiger partial charge < -0.3 is 14.6 Å². The molecule has 0 amide bonds. The Morgan fingerprint density at radius 1 is 1.23 bits per heavy atom. The molecule has 3 aromatic rings. The summed E-state index contributed by atoms with van der Waals surface area (Å²) in [4.78, 5) is 23.5. The van der Waals surface area contributed by atoms with E-state index in [0.29, 0.717) is 47.7 Å². The first-order valence-corrected chi connectivity index (χ1v) is 10.7. The molecular formula is C22H21Cl2N5O2. The van der Waals surface area contributed by atoms with Crippen LogP contribution in [0.3, 0.4) is 0 Å². The van der Waals surface area contributed by atoms with Crippen molar-refractivity contribution >= 4 is 39.9 Å². The number of fused-ring (bicyclic) bond motifs is 1. The second-order valence-electron chi connectivity index (χ2n) is 7.91. The third-order valence-corrected chi connectivity index (χ3v) is 6.67. The van der Waals surface area contributed by atoms with Crippen LogP contribution in [0.5, 0.6) is 0 Å². The Labute approximate surface area is 189 Å². The van der Waals surface area contributed by atoms with Gasteiger partial charge in [-0.1, -0.05) is 30.1 Å². The van der Waals surface area contributed by atoms with Crippen LogP contribution in [-0.2, 0) is 7.05 Å². The molecule has 1 aliphatic heterocycles. The highest BCUT2D eigenvalue weighted by Gasteiger charge is 2.40. The van der Waals surface area contributed by atoms with Crippen LogP contribution in [0.4, 0.5) is 5.69 Å². The minimum Gasteiger partial charge on any atom is -0.389 e. The van der Waals surface area contributed by atoms with Crippen molar-refractivity contribution in [2.45, 2.75) is 31.3 Å². The summed E-state index contributed by atoms with van der Waals surface area (Å²) in [7, 11) is 1.61. The number of hydrogen-bond donors (Lipinski definition) is 1. The molecule has 0 unspecified atom stereocenters. The second kappa shape index (κ2) is 8.12. The van der Waals surface area contributed by atoms with E-state index in [0.717, 1.165) is 5.69 Å². The van der Waals surface area contributed by atoms with E-state index in [2.05, 4.69) is 9.97 Å². The average Bonchev–Trinajstić information content (AvgIpc) is 2.77. The quantitative estimate of drug-likeness (QED) is 0.603. The molecule has 1 N–H and O–H groups in total. The highest BCUT2D eigenvalue weighted by Crippen LogP contribution is 2.39. The summed E-state index contributed by atoms with van der Waals surface area (Å²) in [6.07, 6.45) is 2.47. The summed E-state index contributed by atoms with van der Waals surface area (Å²) in [5, 5.41) is 21.9. The van der Waals surface area contributed by atoms with Gasteiger partial charge in [-0.15, -0.1) is 0 Å². The number of aryl methyl sites for hydroxylation is 1. The van der Waals surface area contributed by atoms with Crippen molar-refractivity contribution in [2.24, 2.45) is 7.05 Å². The lowest BCUT2D eigenvalue weighted by atomic mass is 9.78. The molecule has 0 radical (unpaired) electrons. The van der Waals surface area contributed by atoms with Crippen LogP contribution >= 0.6 is 23.2 Å². The van der Waals surface area contributed by atoms with Gasteiger partial charge in [-0.2, -0.15) is 5.26 Å². The van der Waals surface area contributed by atoms with E-state index in [4.69, 9.17) is 23.2 Å². The first-order valence-electron chi connectivity index (χ1n) is 9.93. The minimum absolute atomic E-state index is 0.0302. The fourth-order valence-corrected chi connectivity index (χ4v) is 4.51. The number of hydrogen-bond acceptors (Lipinski definition) is 6. The van der Waals surface area contributed by atoms with Gasteiger partial charge >= 0.3 is 0 Å². The molecule has 7 nitrogen and oxygen atoms in total. The maximum Gasteiger partial charge on any atom is 0.270 e. The molecule has 31 heavy (non-hydrogen) atoms. The van der Waals surface area contributed by atoms with Crippen molar-refractivity contribution in [2.75, 3.05) is 18.0 Å². The summed E-state index contributed by atoms with van der Waals surface area (Å²) in [6.45, 7) is 2.86. The van der Waals surface area contributed by atoms with Crippen LogP contribution in [-0.4, -0.2) is 38.3 Å². The van der Waals surface area contributed by atoms with Gasteiger partial charge in [0.2, 0.25) is 0 Å². The number of rotatable bonds is 3. The Hall–Kier alpha value is -2.66. The number of nitriles is 1. The SMILES string of the molecule is C[C@@H](c1ccc(Cl)cn1)C1(O)CCN(c2c(C#N)c(=O)n(C)c3ccc(Cl)nc23)CC1. The van der Waals surface area contributed by atoms with Gasteiger partial charge in [-0.3, -0.25) is 9.78 Å². The normalized spacial score (nSPS) is 16.8. The Balaban J connectivity index is 1.70. The summed E-state index contributed by atoms with van der Waals surface area (Å²) < 4.78 is 1.41. The fourth-order valence-electron chi connectivity index (χ4n) is 4.25. The molecule has 1 saturated heterocycles. The molecule has 0 aromatic carbocycles. The third-order valence-electron chi connectivity index (χ3n) is 6.24. The van der Waals surface area contributed by atoms with E-state index >= 15 is 0 Å². The molecule has 1 fully saturated rings. The van der Waals surface area contributed by atoms with Crippen molar-refractivity contribution in [1.29, 1.82) is 5.26 Å². The second-order valence-corrected chi connectivity index (χ2v) is 8.74. The van der Waals surface area contributed by atoms with Gasteiger partial charge in [-0.05, 0) is 37.1 Å². The number of halogens is 2. The molecule has 0 saturated carbocycles. The number of pyridine rings is 3. The van der Waals surface area contributed by atoms with Gasteiger partial charge in [0.15, 0.2) is 0 Å². The molecular weight excluding hydrogens is 437 g/mol. The lowest BCUT2D eigenvalue weighted by Crippen LogP contribution is -2.48. The van der Waals surface area contributed by atoms with E-state index in [9.17, 15) is 15.2 Å². The zero-order chi connectivity index (χ0) is 22.3. The number of aromatic nitrogens is 3. The van der Waals surface area contributed by atoms with Gasteiger partial charge in [0.25, 0.3) is 5.56 Å². The van der Waals surface area contributed by atoms with Crippen molar-refractivity contribution < 1.29 is 5.11 Å². The van der Waals surface area contributed by atoms with Gasteiger partial charge in [0.1, 0.15) is 22.3 Å². The topological polar surface area (TPSA) is 95.0 Å². The summed E-state index contributed by atoms with van der Waals surface area (Å²) >= 11 is 12.1. The molecule has 160 valence electrons. The Kier molecular flexibility index (Phi) is 5.65. The van der Waals surface area contributed by atoms with Crippen LogP contribution < -0.4 is 10.5 Å². The summed E-state index contributed by atoms with van der Waals surface area (Å²) in [5.41, 5.74) is 1.03. The smallest absolute Gasteiger partial charge is 0.270 e. The minimum atomic E-state index is -0.968. The maximum atomic E-state index is 12.8. The molecule has 1 aliphatic rings. The van der Waals surface area contributed by atoms with E-state index < -0.39 is 5.60 Å². The third kappa shape index (κ3) is 3.76. The predicted octanol–water partition coefficient (Wildman–Crippen LogP) is 3.64. The zero-order valence-corrected chi connectivity index (χ0v) is 18.7. The largest absolute Gasteiger partial charge is 0.389 e. The van der Waals surface area contributed by atoms with E-state index in [-0.39, 0.29) is 22.2 Å². The predicted molar refractivity (Wildman–Crippen MR) is 121 cm³/mol. The van der Waals surface area contributed by atoms with E-state index in [1.54, 1.807) is 31.4 Å².